The highest BCUT2D eigenvalue weighted by Gasteiger charge is 2.31. The van der Waals surface area contributed by atoms with E-state index in [0.29, 0.717) is 6.07 Å². The van der Waals surface area contributed by atoms with Crippen LogP contribution < -0.4 is 10.2 Å². The summed E-state index contributed by atoms with van der Waals surface area (Å²) in [5.41, 5.74) is -2.48. The van der Waals surface area contributed by atoms with E-state index in [2.05, 4.69) is 5.32 Å². The molecule has 0 saturated carbocycles. The SMILES string of the molecule is [2H]c1ccc(N2C([2H])([2H])C([2H])([2H])N(C(=O)[C@H](C)NC(C)=O)C([2H])([2H])C2([2H])[2H])cc1C(F)(F)F. The predicted molar refractivity (Wildman–Crippen MR) is 83.5 cm³/mol. The van der Waals surface area contributed by atoms with Gasteiger partial charge in [0.15, 0.2) is 0 Å². The van der Waals surface area contributed by atoms with Crippen molar-refractivity contribution >= 4 is 17.5 Å². The lowest BCUT2D eigenvalue weighted by Crippen LogP contribution is -2.54. The van der Waals surface area contributed by atoms with Gasteiger partial charge in [0.05, 0.1) is 17.9 Å². The Hall–Kier alpha value is -2.25. The highest BCUT2D eigenvalue weighted by Crippen LogP contribution is 2.31. The first-order chi connectivity index (χ1) is 14.6. The van der Waals surface area contributed by atoms with E-state index in [-0.39, 0.29) is 15.9 Å². The fraction of sp³-hybridized carbons (Fsp3) is 0.500. The van der Waals surface area contributed by atoms with Crippen LogP contribution in [-0.2, 0) is 15.8 Å². The Morgan fingerprint density at radius 3 is 2.50 bits per heavy atom. The van der Waals surface area contributed by atoms with E-state index in [0.717, 1.165) is 19.9 Å². The van der Waals surface area contributed by atoms with Gasteiger partial charge in [-0.2, -0.15) is 13.2 Å². The number of hydrogen-bond acceptors (Lipinski definition) is 3. The number of nitrogens with one attached hydrogen (secondary N) is 1. The summed E-state index contributed by atoms with van der Waals surface area (Å²) in [6.07, 6.45) is -5.09. The molecule has 24 heavy (non-hydrogen) atoms. The van der Waals surface area contributed by atoms with Crippen molar-refractivity contribution in [2.75, 3.05) is 30.9 Å². The molecule has 0 radical (unpaired) electrons. The number of anilines is 1. The number of piperazine rings is 1. The van der Waals surface area contributed by atoms with Gasteiger partial charge in [-0.3, -0.25) is 9.59 Å². The summed E-state index contributed by atoms with van der Waals surface area (Å²) in [6, 6.07) is -1.08. The molecule has 1 heterocycles. The van der Waals surface area contributed by atoms with E-state index >= 15 is 0 Å². The van der Waals surface area contributed by atoms with Gasteiger partial charge in [-0.25, -0.2) is 0 Å². The quantitative estimate of drug-likeness (QED) is 0.904. The zero-order valence-corrected chi connectivity index (χ0v) is 12.7. The first kappa shape index (κ1) is 9.29. The van der Waals surface area contributed by atoms with E-state index in [1.54, 1.807) is 0 Å². The summed E-state index contributed by atoms with van der Waals surface area (Å²) < 4.78 is 113. The largest absolute Gasteiger partial charge is 0.416 e. The number of amides is 2. The van der Waals surface area contributed by atoms with Crippen molar-refractivity contribution in [1.29, 1.82) is 0 Å². The molecule has 1 atom stereocenters. The Labute approximate surface area is 151 Å². The van der Waals surface area contributed by atoms with Crippen LogP contribution in [0.5, 0.6) is 0 Å². The standard InChI is InChI=1S/C16H20F3N3O2/c1-11(20-12(2)23)15(24)22-8-6-21(7-9-22)14-5-3-4-13(10-14)16(17,18)19/h3-5,10-11H,6-9H2,1-2H3,(H,20,23)/t11-/m0/s1/i4D,6D2,7D2,8D2,9D2. The maximum atomic E-state index is 13.3. The van der Waals surface area contributed by atoms with Crippen LogP contribution in [0.2, 0.25) is 0 Å². The van der Waals surface area contributed by atoms with E-state index in [1.807, 2.05) is 0 Å². The number of rotatable bonds is 3. The monoisotopic (exact) mass is 352 g/mol. The number of halogens is 3. The first-order valence-corrected chi connectivity index (χ1v) is 6.71. The molecule has 0 bridgehead atoms. The van der Waals surface area contributed by atoms with E-state index in [9.17, 15) is 22.8 Å². The van der Waals surface area contributed by atoms with Crippen LogP contribution in [0.4, 0.5) is 18.9 Å². The topological polar surface area (TPSA) is 52.6 Å². The molecule has 1 aromatic rings. The molecule has 1 aliphatic rings. The lowest BCUT2D eigenvalue weighted by atomic mass is 10.1. The predicted octanol–water partition coefficient (Wildman–Crippen LogP) is 1.88. The molecule has 2 rings (SSSR count). The molecule has 132 valence electrons. The van der Waals surface area contributed by atoms with Gasteiger partial charge in [0, 0.05) is 38.6 Å². The highest BCUT2D eigenvalue weighted by molar-refractivity contribution is 5.86. The van der Waals surface area contributed by atoms with Gasteiger partial charge in [0.1, 0.15) is 6.04 Å². The van der Waals surface area contributed by atoms with Crippen LogP contribution in [0.25, 0.3) is 0 Å². The Morgan fingerprint density at radius 2 is 1.96 bits per heavy atom. The summed E-state index contributed by atoms with van der Waals surface area (Å²) in [5.74, 6) is -2.25. The molecular formula is C16H20F3N3O2. The molecule has 1 fully saturated rings. The molecule has 1 aliphatic heterocycles. The van der Waals surface area contributed by atoms with E-state index in [1.165, 1.54) is 0 Å². The molecule has 0 spiro atoms. The Balaban J connectivity index is 2.76. The number of hydrogen-bond donors (Lipinski definition) is 1. The van der Waals surface area contributed by atoms with Crippen LogP contribution >= 0.6 is 0 Å². The Morgan fingerprint density at radius 1 is 1.33 bits per heavy atom. The Bertz CT molecular complexity index is 944. The molecular weight excluding hydrogens is 323 g/mol. The zero-order chi connectivity index (χ0) is 25.9. The summed E-state index contributed by atoms with van der Waals surface area (Å²) >= 11 is 0. The van der Waals surface area contributed by atoms with Gasteiger partial charge in [0.2, 0.25) is 11.8 Å². The number of benzene rings is 1. The van der Waals surface area contributed by atoms with Crippen LogP contribution in [0.3, 0.4) is 0 Å². The van der Waals surface area contributed by atoms with Crippen molar-refractivity contribution in [3.8, 4) is 0 Å². The lowest BCUT2D eigenvalue weighted by molar-refractivity contribution is -0.137. The van der Waals surface area contributed by atoms with Crippen LogP contribution in [-0.4, -0.2) is 48.7 Å². The second kappa shape index (κ2) is 7.11. The van der Waals surface area contributed by atoms with Crippen LogP contribution in [0.1, 0.15) is 31.7 Å². The van der Waals surface area contributed by atoms with Gasteiger partial charge in [-0.1, -0.05) is 6.07 Å². The summed E-state index contributed by atoms with van der Waals surface area (Å²) in [6.45, 7) is -12.4. The summed E-state index contributed by atoms with van der Waals surface area (Å²) in [4.78, 5) is 23.6. The third kappa shape index (κ3) is 4.39. The average Bonchev–Trinajstić information content (AvgIpc) is 2.59. The van der Waals surface area contributed by atoms with Crippen molar-refractivity contribution in [2.45, 2.75) is 26.1 Å². The minimum absolute atomic E-state index is 0.151. The number of nitrogens with zero attached hydrogens (tertiary/aromatic N) is 2. The number of alkyl halides is 3. The minimum Gasteiger partial charge on any atom is -0.368 e. The molecule has 0 aliphatic carbocycles. The lowest BCUT2D eigenvalue weighted by Gasteiger charge is -2.37. The fourth-order valence-corrected chi connectivity index (χ4v) is 1.81. The molecule has 1 saturated heterocycles. The van der Waals surface area contributed by atoms with Gasteiger partial charge < -0.3 is 15.1 Å². The summed E-state index contributed by atoms with van der Waals surface area (Å²) in [7, 11) is 0. The second-order valence-electron chi connectivity index (χ2n) is 4.84. The van der Waals surface area contributed by atoms with Gasteiger partial charge >= 0.3 is 6.18 Å². The number of carbonyl (C=O) groups is 2. The third-order valence-electron chi connectivity index (χ3n) is 2.91. The van der Waals surface area contributed by atoms with Crippen LogP contribution in [0, 0.1) is 0 Å². The normalized spacial score (nSPS) is 30.6. The third-order valence-corrected chi connectivity index (χ3v) is 2.91. The van der Waals surface area contributed by atoms with Crippen molar-refractivity contribution in [2.24, 2.45) is 0 Å². The van der Waals surface area contributed by atoms with Crippen molar-refractivity contribution in [1.82, 2.24) is 10.2 Å². The minimum atomic E-state index is -5.09. The average molecular weight is 352 g/mol. The van der Waals surface area contributed by atoms with Crippen LogP contribution in [0.15, 0.2) is 24.2 Å². The van der Waals surface area contributed by atoms with Gasteiger partial charge in [-0.15, -0.1) is 0 Å². The summed E-state index contributed by atoms with van der Waals surface area (Å²) in [5, 5.41) is 2.08. The van der Waals surface area contributed by atoms with Crippen molar-refractivity contribution < 1.29 is 35.1 Å². The fourth-order valence-electron chi connectivity index (χ4n) is 1.81. The smallest absolute Gasteiger partial charge is 0.368 e. The molecule has 1 N–H and O–H groups in total. The first-order valence-electron chi connectivity index (χ1n) is 11.2. The second-order valence-corrected chi connectivity index (χ2v) is 4.84. The Kier molecular flexibility index (Phi) is 2.75. The molecule has 1 aromatic carbocycles. The van der Waals surface area contributed by atoms with E-state index in [4.69, 9.17) is 12.3 Å². The molecule has 0 aromatic heterocycles. The molecule has 8 heteroatoms. The van der Waals surface area contributed by atoms with Crippen molar-refractivity contribution in [3.63, 3.8) is 0 Å². The van der Waals surface area contributed by atoms with Gasteiger partial charge in [-0.05, 0) is 25.1 Å². The highest BCUT2D eigenvalue weighted by atomic mass is 19.4. The molecule has 5 nitrogen and oxygen atoms in total. The van der Waals surface area contributed by atoms with Gasteiger partial charge in [0.25, 0.3) is 0 Å². The van der Waals surface area contributed by atoms with Crippen molar-refractivity contribution in [3.05, 3.63) is 29.8 Å². The molecule has 0 unspecified atom stereocenters. The van der Waals surface area contributed by atoms with E-state index < -0.39 is 67.3 Å². The maximum Gasteiger partial charge on any atom is 0.416 e. The molecule has 2 amide bonds. The number of carbonyl (C=O) groups excluding carboxylic acids is 2. The zero-order valence-electron chi connectivity index (χ0n) is 21.7. The maximum absolute atomic E-state index is 13.3.